The lowest BCUT2D eigenvalue weighted by Gasteiger charge is -2.02. The molecule has 0 radical (unpaired) electrons. The predicted octanol–water partition coefficient (Wildman–Crippen LogP) is 3.77. The first kappa shape index (κ1) is 13.5. The van der Waals surface area contributed by atoms with Crippen molar-refractivity contribution in [3.05, 3.63) is 65.4 Å². The number of nitrogens with one attached hydrogen (secondary N) is 1. The fraction of sp³-hybridized carbons (Fsp3) is 0.0625. The highest BCUT2D eigenvalue weighted by molar-refractivity contribution is 7.17. The molecule has 2 aromatic heterocycles. The van der Waals surface area contributed by atoms with Crippen LogP contribution in [0.1, 0.15) is 15.4 Å². The molecule has 0 spiro atoms. The van der Waals surface area contributed by atoms with Gasteiger partial charge in [0.05, 0.1) is 5.69 Å². The Balaban J connectivity index is 1.86. The second kappa shape index (κ2) is 5.85. The first-order valence-electron chi connectivity index (χ1n) is 6.48. The Morgan fingerprint density at radius 3 is 2.67 bits per heavy atom. The largest absolute Gasteiger partial charge is 0.321 e. The second-order valence-corrected chi connectivity index (χ2v) is 5.49. The lowest BCUT2D eigenvalue weighted by atomic mass is 10.3. The fourth-order valence-electron chi connectivity index (χ4n) is 1.93. The molecule has 1 N–H and O–H groups in total. The third-order valence-electron chi connectivity index (χ3n) is 2.94. The van der Waals surface area contributed by atoms with Gasteiger partial charge >= 0.3 is 0 Å². The summed E-state index contributed by atoms with van der Waals surface area (Å²) in [5.41, 5.74) is 2.43. The average Bonchev–Trinajstić information content (AvgIpc) is 2.91. The number of anilines is 1. The van der Waals surface area contributed by atoms with E-state index in [0.717, 1.165) is 22.0 Å². The van der Waals surface area contributed by atoms with Crippen molar-refractivity contribution in [2.75, 3.05) is 5.32 Å². The number of amides is 1. The number of pyridine rings is 1. The summed E-state index contributed by atoms with van der Waals surface area (Å²) >= 11 is 1.38. The van der Waals surface area contributed by atoms with Crippen molar-refractivity contribution < 1.29 is 4.79 Å². The molecule has 0 atom stereocenters. The fourth-order valence-corrected chi connectivity index (χ4v) is 2.88. The first-order chi connectivity index (χ1) is 10.2. The van der Waals surface area contributed by atoms with Crippen molar-refractivity contribution in [2.45, 2.75) is 6.92 Å². The molecule has 0 fully saturated rings. The molecule has 0 aliphatic carbocycles. The van der Waals surface area contributed by atoms with Gasteiger partial charge < -0.3 is 5.32 Å². The zero-order chi connectivity index (χ0) is 14.7. The van der Waals surface area contributed by atoms with Crippen molar-refractivity contribution in [2.24, 2.45) is 0 Å². The van der Waals surface area contributed by atoms with Crippen LogP contribution in [0.5, 0.6) is 0 Å². The van der Waals surface area contributed by atoms with E-state index in [1.165, 1.54) is 11.3 Å². The Labute approximate surface area is 126 Å². The molecule has 1 aromatic carbocycles. The number of hydrogen-bond donors (Lipinski definition) is 1. The van der Waals surface area contributed by atoms with Gasteiger partial charge in [-0.1, -0.05) is 18.2 Å². The quantitative estimate of drug-likeness (QED) is 0.800. The Morgan fingerprint density at radius 1 is 1.14 bits per heavy atom. The van der Waals surface area contributed by atoms with Crippen LogP contribution in [0.25, 0.3) is 10.6 Å². The number of hydrogen-bond acceptors (Lipinski definition) is 4. The topological polar surface area (TPSA) is 54.9 Å². The van der Waals surface area contributed by atoms with E-state index in [4.69, 9.17) is 0 Å². The summed E-state index contributed by atoms with van der Waals surface area (Å²) in [5, 5.41) is 3.68. The van der Waals surface area contributed by atoms with Gasteiger partial charge in [0.2, 0.25) is 0 Å². The number of carbonyl (C=O) groups excluding carboxylic acids is 1. The molecule has 2 heterocycles. The van der Waals surface area contributed by atoms with Crippen molar-refractivity contribution in [1.82, 2.24) is 9.97 Å². The van der Waals surface area contributed by atoms with Gasteiger partial charge in [0.1, 0.15) is 9.88 Å². The van der Waals surface area contributed by atoms with Gasteiger partial charge in [-0.15, -0.1) is 11.3 Å². The number of benzene rings is 1. The van der Waals surface area contributed by atoms with E-state index in [2.05, 4.69) is 15.3 Å². The van der Waals surface area contributed by atoms with E-state index in [1.807, 2.05) is 49.4 Å². The van der Waals surface area contributed by atoms with Crippen LogP contribution in [0.2, 0.25) is 0 Å². The predicted molar refractivity (Wildman–Crippen MR) is 84.5 cm³/mol. The Morgan fingerprint density at radius 2 is 1.95 bits per heavy atom. The lowest BCUT2D eigenvalue weighted by Crippen LogP contribution is -2.11. The third-order valence-corrected chi connectivity index (χ3v) is 4.15. The summed E-state index contributed by atoms with van der Waals surface area (Å²) < 4.78 is 0. The smallest absolute Gasteiger partial charge is 0.267 e. The van der Waals surface area contributed by atoms with Crippen LogP contribution in [-0.2, 0) is 0 Å². The lowest BCUT2D eigenvalue weighted by molar-refractivity contribution is 0.103. The molecule has 1 amide bonds. The highest BCUT2D eigenvalue weighted by atomic mass is 32.1. The van der Waals surface area contributed by atoms with Crippen LogP contribution in [0.15, 0.2) is 54.9 Å². The minimum absolute atomic E-state index is 0.133. The molecule has 0 unspecified atom stereocenters. The zero-order valence-electron chi connectivity index (χ0n) is 11.4. The highest BCUT2D eigenvalue weighted by Gasteiger charge is 2.16. The van der Waals surface area contributed by atoms with Gasteiger partial charge in [-0.25, -0.2) is 4.98 Å². The molecule has 0 bridgehead atoms. The number of thiazole rings is 1. The van der Waals surface area contributed by atoms with E-state index in [9.17, 15) is 4.79 Å². The van der Waals surface area contributed by atoms with Crippen LogP contribution in [0, 0.1) is 6.92 Å². The Kier molecular flexibility index (Phi) is 3.75. The Hall–Kier alpha value is -2.53. The van der Waals surface area contributed by atoms with Crippen LogP contribution in [0.4, 0.5) is 5.69 Å². The number of rotatable bonds is 3. The van der Waals surface area contributed by atoms with Crippen molar-refractivity contribution in [1.29, 1.82) is 0 Å². The van der Waals surface area contributed by atoms with Gasteiger partial charge in [0.15, 0.2) is 0 Å². The molecule has 0 saturated carbocycles. The number of nitrogens with zero attached hydrogens (tertiary/aromatic N) is 2. The second-order valence-electron chi connectivity index (χ2n) is 4.50. The van der Waals surface area contributed by atoms with E-state index in [-0.39, 0.29) is 5.91 Å². The minimum Gasteiger partial charge on any atom is -0.321 e. The van der Waals surface area contributed by atoms with Crippen LogP contribution < -0.4 is 5.32 Å². The maximum absolute atomic E-state index is 12.3. The molecule has 3 aromatic rings. The highest BCUT2D eigenvalue weighted by Crippen LogP contribution is 2.27. The molecular formula is C16H13N3OS. The summed E-state index contributed by atoms with van der Waals surface area (Å²) in [6.07, 6.45) is 3.46. The molecule has 104 valence electrons. The van der Waals surface area contributed by atoms with Crippen LogP contribution in [-0.4, -0.2) is 15.9 Å². The van der Waals surface area contributed by atoms with E-state index in [1.54, 1.807) is 12.4 Å². The van der Waals surface area contributed by atoms with Crippen LogP contribution in [0.3, 0.4) is 0 Å². The molecule has 3 rings (SSSR count). The summed E-state index contributed by atoms with van der Waals surface area (Å²) in [4.78, 5) is 21.5. The molecular weight excluding hydrogens is 282 g/mol. The van der Waals surface area contributed by atoms with E-state index < -0.39 is 0 Å². The van der Waals surface area contributed by atoms with Gasteiger partial charge in [-0.05, 0) is 31.2 Å². The van der Waals surface area contributed by atoms with Gasteiger partial charge in [-0.3, -0.25) is 9.78 Å². The molecule has 21 heavy (non-hydrogen) atoms. The summed E-state index contributed by atoms with van der Waals surface area (Å²) in [5.74, 6) is -0.133. The number of aromatic nitrogens is 2. The van der Waals surface area contributed by atoms with Crippen LogP contribution >= 0.6 is 11.3 Å². The molecule has 5 heteroatoms. The zero-order valence-corrected chi connectivity index (χ0v) is 12.2. The van der Waals surface area contributed by atoms with Crippen molar-refractivity contribution in [3.8, 4) is 10.6 Å². The minimum atomic E-state index is -0.133. The van der Waals surface area contributed by atoms with Gasteiger partial charge in [0, 0.05) is 23.6 Å². The number of carbonyl (C=O) groups is 1. The molecule has 4 nitrogen and oxygen atoms in total. The summed E-state index contributed by atoms with van der Waals surface area (Å²) in [7, 11) is 0. The number of para-hydroxylation sites is 1. The van der Waals surface area contributed by atoms with E-state index in [0.29, 0.717) is 4.88 Å². The normalized spacial score (nSPS) is 10.3. The summed E-state index contributed by atoms with van der Waals surface area (Å²) in [6.45, 7) is 1.84. The van der Waals surface area contributed by atoms with Gasteiger partial charge in [0.25, 0.3) is 5.91 Å². The van der Waals surface area contributed by atoms with E-state index >= 15 is 0 Å². The maximum Gasteiger partial charge on any atom is 0.267 e. The summed E-state index contributed by atoms with van der Waals surface area (Å²) in [6, 6.07) is 13.2. The maximum atomic E-state index is 12.3. The number of aryl methyl sites for hydroxylation is 1. The standard InChI is InChI=1S/C16H13N3OS/c1-11-14(15(20)19-13-7-3-2-4-8-13)21-16(18-11)12-6-5-9-17-10-12/h2-10H,1H3,(H,19,20). The Bertz CT molecular complexity index is 754. The molecule has 0 aliphatic rings. The van der Waals surface area contributed by atoms with Gasteiger partial charge in [-0.2, -0.15) is 0 Å². The monoisotopic (exact) mass is 295 g/mol. The SMILES string of the molecule is Cc1nc(-c2cccnc2)sc1C(=O)Nc1ccccc1. The molecule has 0 saturated heterocycles. The van der Waals surface area contributed by atoms with Crippen molar-refractivity contribution >= 4 is 22.9 Å². The molecule has 0 aliphatic heterocycles. The third kappa shape index (κ3) is 2.98. The average molecular weight is 295 g/mol. The van der Waals surface area contributed by atoms with Crippen molar-refractivity contribution in [3.63, 3.8) is 0 Å². The first-order valence-corrected chi connectivity index (χ1v) is 7.30.